The Hall–Kier alpha value is -1.56. The quantitative estimate of drug-likeness (QED) is 0.531. The number of allylic oxidation sites excluding steroid dienone is 12. The lowest BCUT2D eigenvalue weighted by Crippen LogP contribution is -1.63. The molecule has 0 N–H and O–H groups in total. The van der Waals surface area contributed by atoms with Gasteiger partial charge in [-0.3, -0.25) is 0 Å². The maximum Gasteiger partial charge on any atom is -0.0313 e. The Kier molecular flexibility index (Phi) is 6.05. The van der Waals surface area contributed by atoms with Crippen molar-refractivity contribution < 1.29 is 0 Å². The number of hydrogen-bond donors (Lipinski definition) is 0. The van der Waals surface area contributed by atoms with Crippen LogP contribution in [0.5, 0.6) is 0 Å². The van der Waals surface area contributed by atoms with E-state index in [0.717, 1.165) is 12.8 Å². The molecule has 0 aromatic heterocycles. The summed E-state index contributed by atoms with van der Waals surface area (Å²) in [5, 5.41) is 0. The first kappa shape index (κ1) is 10.5. The Bertz CT molecular complexity index is 264. The molecule has 0 atom stereocenters. The molecule has 0 heteroatoms. The van der Waals surface area contributed by atoms with Crippen molar-refractivity contribution >= 4 is 0 Å². The van der Waals surface area contributed by atoms with Gasteiger partial charge in [0.1, 0.15) is 0 Å². The van der Waals surface area contributed by atoms with Crippen LogP contribution in [-0.4, -0.2) is 0 Å². The van der Waals surface area contributed by atoms with Crippen LogP contribution in [0.25, 0.3) is 0 Å². The van der Waals surface area contributed by atoms with Crippen molar-refractivity contribution in [3.8, 4) is 0 Å². The van der Waals surface area contributed by atoms with Gasteiger partial charge in [-0.1, -0.05) is 72.9 Å². The van der Waals surface area contributed by atoms with Gasteiger partial charge in [-0.25, -0.2) is 0 Å². The Morgan fingerprint density at radius 1 is 0.357 bits per heavy atom. The second kappa shape index (κ2) is 8.06. The zero-order valence-corrected chi connectivity index (χ0v) is 8.34. The minimum atomic E-state index is 1.11. The van der Waals surface area contributed by atoms with E-state index in [2.05, 4.69) is 36.5 Å². The van der Waals surface area contributed by atoms with Gasteiger partial charge in [0.05, 0.1) is 0 Å². The van der Waals surface area contributed by atoms with E-state index in [-0.39, 0.29) is 0 Å². The molecule has 0 heterocycles. The molecule has 1 rings (SSSR count). The summed E-state index contributed by atoms with van der Waals surface area (Å²) in [6.45, 7) is 0. The Balaban J connectivity index is 2.56. The summed E-state index contributed by atoms with van der Waals surface area (Å²) in [5.41, 5.74) is 0. The van der Waals surface area contributed by atoms with E-state index < -0.39 is 0 Å². The zero-order valence-electron chi connectivity index (χ0n) is 8.34. The minimum absolute atomic E-state index is 1.11. The fraction of sp³-hybridized carbons (Fsp3) is 0.143. The molecule has 72 valence electrons. The lowest BCUT2D eigenvalue weighted by atomic mass is 10.2. The van der Waals surface area contributed by atoms with Crippen molar-refractivity contribution in [3.05, 3.63) is 72.9 Å². The Morgan fingerprint density at radius 3 is 1.00 bits per heavy atom. The second-order valence-electron chi connectivity index (χ2n) is 2.97. The van der Waals surface area contributed by atoms with Crippen molar-refractivity contribution in [2.45, 2.75) is 12.8 Å². The fourth-order valence-electron chi connectivity index (χ4n) is 1.06. The molecule has 0 fully saturated rings. The lowest BCUT2D eigenvalue weighted by molar-refractivity contribution is 1.05. The van der Waals surface area contributed by atoms with Crippen molar-refractivity contribution in [1.29, 1.82) is 0 Å². The highest BCUT2D eigenvalue weighted by Gasteiger charge is 1.74. The van der Waals surface area contributed by atoms with E-state index in [1.165, 1.54) is 0 Å². The number of hydrogen-bond acceptors (Lipinski definition) is 0. The van der Waals surface area contributed by atoms with Gasteiger partial charge in [0.25, 0.3) is 0 Å². The highest BCUT2D eigenvalue weighted by atomic mass is 13.8. The van der Waals surface area contributed by atoms with Gasteiger partial charge in [-0.05, 0) is 12.8 Å². The summed E-state index contributed by atoms with van der Waals surface area (Å²) in [7, 11) is 0. The van der Waals surface area contributed by atoms with Crippen molar-refractivity contribution in [1.82, 2.24) is 0 Å². The summed E-state index contributed by atoms with van der Waals surface area (Å²) >= 11 is 0. The van der Waals surface area contributed by atoms with Crippen molar-refractivity contribution in [2.75, 3.05) is 0 Å². The Morgan fingerprint density at radius 2 is 0.643 bits per heavy atom. The van der Waals surface area contributed by atoms with E-state index >= 15 is 0 Å². The monoisotopic (exact) mass is 184 g/mol. The van der Waals surface area contributed by atoms with Crippen LogP contribution in [0, 0.1) is 0 Å². The van der Waals surface area contributed by atoms with Crippen molar-refractivity contribution in [3.63, 3.8) is 0 Å². The van der Waals surface area contributed by atoms with E-state index in [1.54, 1.807) is 0 Å². The summed E-state index contributed by atoms with van der Waals surface area (Å²) < 4.78 is 0. The van der Waals surface area contributed by atoms with Gasteiger partial charge >= 0.3 is 0 Å². The third-order valence-electron chi connectivity index (χ3n) is 1.77. The van der Waals surface area contributed by atoms with Crippen LogP contribution in [0.2, 0.25) is 0 Å². The molecule has 0 nitrogen and oxygen atoms in total. The van der Waals surface area contributed by atoms with Crippen LogP contribution in [-0.2, 0) is 0 Å². The molecule has 0 unspecified atom stereocenters. The predicted molar refractivity (Wildman–Crippen MR) is 64.1 cm³/mol. The molecule has 0 saturated heterocycles. The Labute approximate surface area is 86.3 Å². The van der Waals surface area contributed by atoms with Gasteiger partial charge in [0, 0.05) is 0 Å². The third-order valence-corrected chi connectivity index (χ3v) is 1.77. The summed E-state index contributed by atoms with van der Waals surface area (Å²) in [6, 6.07) is 0. The van der Waals surface area contributed by atoms with Gasteiger partial charge in [-0.2, -0.15) is 0 Å². The van der Waals surface area contributed by atoms with Gasteiger partial charge in [0.15, 0.2) is 0 Å². The first-order valence-electron chi connectivity index (χ1n) is 4.98. The highest BCUT2D eigenvalue weighted by molar-refractivity contribution is 5.19. The van der Waals surface area contributed by atoms with Gasteiger partial charge in [0.2, 0.25) is 0 Å². The van der Waals surface area contributed by atoms with Crippen LogP contribution in [0.1, 0.15) is 12.8 Å². The smallest absolute Gasteiger partial charge is 0.0313 e. The molecule has 0 bridgehead atoms. The fourth-order valence-corrected chi connectivity index (χ4v) is 1.06. The zero-order chi connectivity index (χ0) is 9.90. The normalized spacial score (nSPS) is 26.3. The average molecular weight is 184 g/mol. The van der Waals surface area contributed by atoms with Crippen LogP contribution < -0.4 is 0 Å². The molecule has 0 spiro atoms. The molecule has 14 heavy (non-hydrogen) atoms. The van der Waals surface area contributed by atoms with Crippen molar-refractivity contribution in [2.24, 2.45) is 0 Å². The van der Waals surface area contributed by atoms with Gasteiger partial charge in [-0.15, -0.1) is 0 Å². The maximum atomic E-state index is 2.18. The molecule has 0 saturated carbocycles. The highest BCUT2D eigenvalue weighted by Crippen LogP contribution is 1.94. The third kappa shape index (κ3) is 6.01. The average Bonchev–Trinajstić information content (AvgIpc) is 2.22. The number of rotatable bonds is 0. The molecule has 0 amide bonds. The maximum absolute atomic E-state index is 2.18. The molecular weight excluding hydrogens is 168 g/mol. The van der Waals surface area contributed by atoms with Crippen LogP contribution in [0.15, 0.2) is 72.9 Å². The standard InChI is InChI=1S/C14H16/c1-2-4-6-8-10-12-14-13-11-9-7-5-3-1/h1-12H,13-14H2/b3-1-,4-2+,7-5?,8-6-,11-9?,12-10+. The molecule has 0 radical (unpaired) electrons. The van der Waals surface area contributed by atoms with Crippen LogP contribution >= 0.6 is 0 Å². The summed E-state index contributed by atoms with van der Waals surface area (Å²) in [5.74, 6) is 0. The van der Waals surface area contributed by atoms with E-state index in [9.17, 15) is 0 Å². The topological polar surface area (TPSA) is 0 Å². The lowest BCUT2D eigenvalue weighted by Gasteiger charge is -1.84. The molecule has 1 aliphatic carbocycles. The first-order valence-corrected chi connectivity index (χ1v) is 4.98. The largest absolute Gasteiger partial charge is 0.0842 e. The molecule has 0 aromatic carbocycles. The molecule has 1 aliphatic rings. The molecule has 0 aromatic rings. The minimum Gasteiger partial charge on any atom is -0.0842 e. The second-order valence-corrected chi connectivity index (χ2v) is 2.97. The van der Waals surface area contributed by atoms with Crippen LogP contribution in [0.3, 0.4) is 0 Å². The molecule has 0 aliphatic heterocycles. The van der Waals surface area contributed by atoms with E-state index in [4.69, 9.17) is 0 Å². The van der Waals surface area contributed by atoms with Gasteiger partial charge < -0.3 is 0 Å². The summed E-state index contributed by atoms with van der Waals surface area (Å²) in [6.07, 6.45) is 27.0. The van der Waals surface area contributed by atoms with Crippen LogP contribution in [0.4, 0.5) is 0 Å². The predicted octanol–water partition coefficient (Wildman–Crippen LogP) is 4.12. The SMILES string of the molecule is C1=C\C=C/C=C/C=C\C=C\CCC=C1. The molecular formula is C14H16. The summed E-state index contributed by atoms with van der Waals surface area (Å²) in [4.78, 5) is 0. The van der Waals surface area contributed by atoms with E-state index in [1.807, 2.05) is 36.5 Å². The van der Waals surface area contributed by atoms with E-state index in [0.29, 0.717) is 0 Å². The first-order chi connectivity index (χ1) is 7.00.